The summed E-state index contributed by atoms with van der Waals surface area (Å²) in [4.78, 5) is 36.8. The van der Waals surface area contributed by atoms with Gasteiger partial charge in [0.05, 0.1) is 17.4 Å². The van der Waals surface area contributed by atoms with Gasteiger partial charge in [0.1, 0.15) is 11.6 Å². The third-order valence-electron chi connectivity index (χ3n) is 5.14. The SMILES string of the molecule is COC1(C(NC(=O)c2ccc(C#CC3CN(C=O)C3)cc2)C(=O)NO)CS(=O)(=O)C1. The average molecular weight is 435 g/mol. The molecule has 0 saturated carbocycles. The smallest absolute Gasteiger partial charge is 0.268 e. The molecule has 2 heterocycles. The zero-order valence-corrected chi connectivity index (χ0v) is 16.9. The summed E-state index contributed by atoms with van der Waals surface area (Å²) in [6.45, 7) is 1.20. The predicted molar refractivity (Wildman–Crippen MR) is 104 cm³/mol. The molecule has 2 aliphatic heterocycles. The second kappa shape index (κ2) is 8.43. The van der Waals surface area contributed by atoms with Crippen LogP contribution in [0, 0.1) is 17.8 Å². The van der Waals surface area contributed by atoms with Crippen LogP contribution in [-0.2, 0) is 24.2 Å². The molecule has 2 fully saturated rings. The van der Waals surface area contributed by atoms with Crippen molar-refractivity contribution < 1.29 is 32.7 Å². The highest BCUT2D eigenvalue weighted by molar-refractivity contribution is 7.93. The number of sulfone groups is 1. The number of ether oxygens (including phenoxy) is 1. The number of hydroxylamine groups is 1. The molecule has 1 aromatic rings. The van der Waals surface area contributed by atoms with Gasteiger partial charge in [0.15, 0.2) is 9.84 Å². The first-order valence-corrected chi connectivity index (χ1v) is 10.9. The largest absolute Gasteiger partial charge is 0.373 e. The number of methoxy groups -OCH3 is 1. The summed E-state index contributed by atoms with van der Waals surface area (Å²) in [5.41, 5.74) is 0.889. The van der Waals surface area contributed by atoms with Gasteiger partial charge in [-0.25, -0.2) is 13.9 Å². The van der Waals surface area contributed by atoms with Crippen LogP contribution < -0.4 is 10.8 Å². The fraction of sp³-hybridized carbons (Fsp3) is 0.421. The first-order valence-electron chi connectivity index (χ1n) is 9.03. The van der Waals surface area contributed by atoms with Gasteiger partial charge in [-0.05, 0) is 24.3 Å². The molecule has 10 nitrogen and oxygen atoms in total. The number of amides is 3. The molecule has 0 aliphatic carbocycles. The van der Waals surface area contributed by atoms with Crippen LogP contribution in [0.4, 0.5) is 0 Å². The highest BCUT2D eigenvalue weighted by atomic mass is 32.2. The number of rotatable bonds is 6. The van der Waals surface area contributed by atoms with E-state index in [1.54, 1.807) is 17.0 Å². The molecular weight excluding hydrogens is 414 g/mol. The summed E-state index contributed by atoms with van der Waals surface area (Å²) in [6, 6.07) is 4.91. The molecule has 3 N–H and O–H groups in total. The molecule has 3 amide bonds. The van der Waals surface area contributed by atoms with Gasteiger partial charge < -0.3 is 15.0 Å². The van der Waals surface area contributed by atoms with E-state index in [9.17, 15) is 22.8 Å². The van der Waals surface area contributed by atoms with Crippen LogP contribution in [0.3, 0.4) is 0 Å². The van der Waals surface area contributed by atoms with E-state index in [1.165, 1.54) is 24.7 Å². The van der Waals surface area contributed by atoms with Gasteiger partial charge in [0.2, 0.25) is 6.41 Å². The third kappa shape index (κ3) is 4.46. The van der Waals surface area contributed by atoms with Crippen molar-refractivity contribution in [3.63, 3.8) is 0 Å². The van der Waals surface area contributed by atoms with Crippen LogP contribution >= 0.6 is 0 Å². The predicted octanol–water partition coefficient (Wildman–Crippen LogP) is -1.46. The van der Waals surface area contributed by atoms with Crippen molar-refractivity contribution in [2.75, 3.05) is 31.7 Å². The Labute approximate surface area is 173 Å². The molecule has 30 heavy (non-hydrogen) atoms. The lowest BCUT2D eigenvalue weighted by Gasteiger charge is -2.44. The number of hydrogen-bond acceptors (Lipinski definition) is 7. The maximum absolute atomic E-state index is 12.6. The van der Waals surface area contributed by atoms with Crippen molar-refractivity contribution in [3.05, 3.63) is 35.4 Å². The summed E-state index contributed by atoms with van der Waals surface area (Å²) >= 11 is 0. The molecule has 1 aromatic carbocycles. The van der Waals surface area contributed by atoms with E-state index in [0.29, 0.717) is 18.7 Å². The Bertz CT molecular complexity index is 993. The molecule has 1 unspecified atom stereocenters. The number of carbonyl (C=O) groups is 3. The minimum Gasteiger partial charge on any atom is -0.373 e. The second-order valence-electron chi connectivity index (χ2n) is 7.29. The number of benzene rings is 1. The molecule has 0 radical (unpaired) electrons. The summed E-state index contributed by atoms with van der Waals surface area (Å²) in [5.74, 6) is 3.63. The van der Waals surface area contributed by atoms with Gasteiger partial charge in [-0.1, -0.05) is 11.8 Å². The Kier molecular flexibility index (Phi) is 6.12. The van der Waals surface area contributed by atoms with Crippen molar-refractivity contribution >= 4 is 28.1 Å². The molecule has 3 rings (SSSR count). The summed E-state index contributed by atoms with van der Waals surface area (Å²) < 4.78 is 28.5. The summed E-state index contributed by atoms with van der Waals surface area (Å²) in [5, 5.41) is 11.4. The van der Waals surface area contributed by atoms with Gasteiger partial charge in [-0.2, -0.15) is 0 Å². The van der Waals surface area contributed by atoms with Crippen LogP contribution in [0.1, 0.15) is 15.9 Å². The monoisotopic (exact) mass is 435 g/mol. The Balaban J connectivity index is 1.68. The van der Waals surface area contributed by atoms with Crippen molar-refractivity contribution in [1.82, 2.24) is 15.7 Å². The number of carbonyl (C=O) groups excluding carboxylic acids is 3. The van der Waals surface area contributed by atoms with E-state index in [1.807, 2.05) is 0 Å². The van der Waals surface area contributed by atoms with Crippen molar-refractivity contribution in [1.29, 1.82) is 0 Å². The quantitative estimate of drug-likeness (QED) is 0.215. The Morgan fingerprint density at radius 3 is 2.43 bits per heavy atom. The fourth-order valence-corrected chi connectivity index (χ4v) is 5.37. The van der Waals surface area contributed by atoms with E-state index >= 15 is 0 Å². The van der Waals surface area contributed by atoms with Crippen molar-refractivity contribution in [2.45, 2.75) is 11.6 Å². The van der Waals surface area contributed by atoms with Crippen LogP contribution in [0.25, 0.3) is 0 Å². The van der Waals surface area contributed by atoms with Gasteiger partial charge in [-0.15, -0.1) is 0 Å². The average Bonchev–Trinajstić information content (AvgIpc) is 2.68. The fourth-order valence-electron chi connectivity index (χ4n) is 3.40. The molecule has 160 valence electrons. The zero-order chi connectivity index (χ0) is 21.9. The molecule has 2 saturated heterocycles. The van der Waals surface area contributed by atoms with Crippen molar-refractivity contribution in [2.24, 2.45) is 5.92 Å². The van der Waals surface area contributed by atoms with E-state index in [-0.39, 0.29) is 11.5 Å². The number of hydrogen-bond donors (Lipinski definition) is 3. The van der Waals surface area contributed by atoms with Crippen LogP contribution in [0.2, 0.25) is 0 Å². The van der Waals surface area contributed by atoms with Gasteiger partial charge in [0, 0.05) is 31.3 Å². The van der Waals surface area contributed by atoms with Crippen LogP contribution in [0.15, 0.2) is 24.3 Å². The lowest BCUT2D eigenvalue weighted by atomic mass is 9.95. The number of nitrogens with zero attached hydrogens (tertiary/aromatic N) is 1. The maximum Gasteiger partial charge on any atom is 0.268 e. The summed E-state index contributed by atoms with van der Waals surface area (Å²) in [6.07, 6.45) is 0.780. The molecule has 11 heteroatoms. The first kappa shape index (κ1) is 21.8. The topological polar surface area (TPSA) is 142 Å². The van der Waals surface area contributed by atoms with Gasteiger partial charge in [-0.3, -0.25) is 19.6 Å². The first-order chi connectivity index (χ1) is 14.2. The maximum atomic E-state index is 12.6. The van der Waals surface area contributed by atoms with E-state index in [0.717, 1.165) is 6.41 Å². The number of nitrogens with one attached hydrogen (secondary N) is 2. The molecule has 2 aliphatic rings. The highest BCUT2D eigenvalue weighted by Crippen LogP contribution is 2.31. The Hall–Kier alpha value is -2.94. The Morgan fingerprint density at radius 2 is 1.93 bits per heavy atom. The minimum atomic E-state index is -3.39. The van der Waals surface area contributed by atoms with Crippen LogP contribution in [0.5, 0.6) is 0 Å². The highest BCUT2D eigenvalue weighted by Gasteiger charge is 2.57. The molecular formula is C19H21N3O7S. The molecule has 0 spiro atoms. The molecule has 0 bridgehead atoms. The third-order valence-corrected chi connectivity index (χ3v) is 6.99. The minimum absolute atomic E-state index is 0.125. The molecule has 0 aromatic heterocycles. The number of likely N-dealkylation sites (tertiary alicyclic amines) is 1. The zero-order valence-electron chi connectivity index (χ0n) is 16.1. The van der Waals surface area contributed by atoms with E-state index in [2.05, 4.69) is 17.2 Å². The standard InChI is InChI=1S/C19H21N3O7S/c1-29-19(10-30(27,28)11-19)16(18(25)21-26)20-17(24)15-6-4-13(5-7-15)2-3-14-8-22(9-14)12-23/h4-7,12,14,16,26H,8-11H2,1H3,(H,20,24)(H,21,25). The van der Waals surface area contributed by atoms with Crippen molar-refractivity contribution in [3.8, 4) is 11.8 Å². The lowest BCUT2D eigenvalue weighted by molar-refractivity contribution is -0.138. The van der Waals surface area contributed by atoms with E-state index < -0.39 is 44.8 Å². The van der Waals surface area contributed by atoms with E-state index in [4.69, 9.17) is 9.94 Å². The Morgan fingerprint density at radius 1 is 1.30 bits per heavy atom. The summed E-state index contributed by atoms with van der Waals surface area (Å²) in [7, 11) is -2.15. The van der Waals surface area contributed by atoms with Gasteiger partial charge in [0.25, 0.3) is 11.8 Å². The second-order valence-corrected chi connectivity index (χ2v) is 9.35. The normalized spacial score (nSPS) is 19.9. The van der Waals surface area contributed by atoms with Gasteiger partial charge >= 0.3 is 0 Å². The molecule has 1 atom stereocenters. The van der Waals surface area contributed by atoms with Crippen LogP contribution in [-0.4, -0.2) is 80.1 Å². The lowest BCUT2D eigenvalue weighted by Crippen LogP contribution is -2.71.